The molecule has 1 aromatic carbocycles. The van der Waals surface area contributed by atoms with Crippen molar-refractivity contribution in [2.24, 2.45) is 5.92 Å². The molecule has 0 bridgehead atoms. The zero-order chi connectivity index (χ0) is 15.2. The first-order valence-corrected chi connectivity index (χ1v) is 7.82. The molecule has 1 amide bonds. The highest BCUT2D eigenvalue weighted by Gasteiger charge is 2.17. The molecule has 0 saturated carbocycles. The molecule has 1 aliphatic heterocycles. The molecule has 21 heavy (non-hydrogen) atoms. The number of hydrogen-bond donors (Lipinski definition) is 1. The zero-order valence-electron chi connectivity index (χ0n) is 13.3. The Bertz CT molecular complexity index is 466. The third-order valence-electron chi connectivity index (χ3n) is 3.73. The van der Waals surface area contributed by atoms with Gasteiger partial charge in [0, 0.05) is 11.8 Å². The second-order valence-corrected chi connectivity index (χ2v) is 6.20. The van der Waals surface area contributed by atoms with Crippen molar-refractivity contribution in [1.82, 2.24) is 4.90 Å². The first-order chi connectivity index (χ1) is 10.0. The third-order valence-corrected chi connectivity index (χ3v) is 3.73. The van der Waals surface area contributed by atoms with Crippen molar-refractivity contribution in [1.29, 1.82) is 0 Å². The van der Waals surface area contributed by atoms with Gasteiger partial charge in [0.2, 0.25) is 5.91 Å². The molecule has 1 aromatic rings. The molecule has 0 aliphatic carbocycles. The number of piperidine rings is 1. The predicted molar refractivity (Wildman–Crippen MR) is 85.7 cm³/mol. The number of rotatable bonds is 5. The monoisotopic (exact) mass is 290 g/mol. The van der Waals surface area contributed by atoms with Gasteiger partial charge >= 0.3 is 0 Å². The van der Waals surface area contributed by atoms with Crippen LogP contribution in [0.1, 0.15) is 33.6 Å². The van der Waals surface area contributed by atoms with Gasteiger partial charge in [0.05, 0.1) is 12.6 Å². The Balaban J connectivity index is 1.84. The van der Waals surface area contributed by atoms with E-state index in [4.69, 9.17) is 4.74 Å². The molecule has 1 fully saturated rings. The summed E-state index contributed by atoms with van der Waals surface area (Å²) in [6, 6.07) is 7.57. The van der Waals surface area contributed by atoms with Crippen LogP contribution in [0.3, 0.4) is 0 Å². The number of nitrogens with zero attached hydrogens (tertiary/aromatic N) is 1. The summed E-state index contributed by atoms with van der Waals surface area (Å²) in [6.45, 7) is 8.76. The minimum Gasteiger partial charge on any atom is -0.491 e. The fourth-order valence-corrected chi connectivity index (χ4v) is 2.54. The van der Waals surface area contributed by atoms with Crippen molar-refractivity contribution in [3.05, 3.63) is 24.3 Å². The van der Waals surface area contributed by atoms with Crippen LogP contribution in [0.5, 0.6) is 5.75 Å². The van der Waals surface area contributed by atoms with Gasteiger partial charge in [0.15, 0.2) is 0 Å². The molecular formula is C17H26N2O2. The minimum atomic E-state index is 0.0475. The number of amides is 1. The highest BCUT2D eigenvalue weighted by Crippen LogP contribution is 2.19. The first kappa shape index (κ1) is 15.8. The van der Waals surface area contributed by atoms with Gasteiger partial charge in [-0.2, -0.15) is 0 Å². The van der Waals surface area contributed by atoms with Gasteiger partial charge in [-0.25, -0.2) is 0 Å². The smallest absolute Gasteiger partial charge is 0.238 e. The summed E-state index contributed by atoms with van der Waals surface area (Å²) in [4.78, 5) is 14.3. The lowest BCUT2D eigenvalue weighted by atomic mass is 9.99. The van der Waals surface area contributed by atoms with Crippen molar-refractivity contribution in [2.75, 3.05) is 25.0 Å². The topological polar surface area (TPSA) is 41.6 Å². The second-order valence-electron chi connectivity index (χ2n) is 6.20. The van der Waals surface area contributed by atoms with E-state index in [-0.39, 0.29) is 12.0 Å². The Hall–Kier alpha value is -1.55. The van der Waals surface area contributed by atoms with Crippen LogP contribution in [0.4, 0.5) is 5.69 Å². The lowest BCUT2D eigenvalue weighted by Crippen LogP contribution is -2.38. The molecule has 1 saturated heterocycles. The Morgan fingerprint density at radius 2 is 2.10 bits per heavy atom. The van der Waals surface area contributed by atoms with Gasteiger partial charge in [-0.1, -0.05) is 13.0 Å². The molecular weight excluding hydrogens is 264 g/mol. The maximum absolute atomic E-state index is 12.1. The minimum absolute atomic E-state index is 0.0475. The largest absolute Gasteiger partial charge is 0.491 e. The number of ether oxygens (including phenoxy) is 1. The number of nitrogens with one attached hydrogen (secondary N) is 1. The molecule has 0 aromatic heterocycles. The van der Waals surface area contributed by atoms with E-state index in [1.54, 1.807) is 0 Å². The first-order valence-electron chi connectivity index (χ1n) is 7.82. The van der Waals surface area contributed by atoms with E-state index >= 15 is 0 Å². The number of anilines is 1. The molecule has 0 unspecified atom stereocenters. The summed E-state index contributed by atoms with van der Waals surface area (Å²) in [5, 5.41) is 2.95. The van der Waals surface area contributed by atoms with E-state index in [0.29, 0.717) is 6.54 Å². The molecule has 1 N–H and O–H groups in total. The SMILES string of the molecule is CC1CCN(CC(=O)Nc2cccc(OC(C)C)c2)CC1. The van der Waals surface area contributed by atoms with Crippen molar-refractivity contribution < 1.29 is 9.53 Å². The van der Waals surface area contributed by atoms with Crippen LogP contribution < -0.4 is 10.1 Å². The lowest BCUT2D eigenvalue weighted by Gasteiger charge is -2.29. The number of carbonyl (C=O) groups is 1. The molecule has 1 heterocycles. The standard InChI is InChI=1S/C17H26N2O2/c1-13(2)21-16-6-4-5-15(11-16)18-17(20)12-19-9-7-14(3)8-10-19/h4-6,11,13-14H,7-10,12H2,1-3H3,(H,18,20). The maximum Gasteiger partial charge on any atom is 0.238 e. The van der Waals surface area contributed by atoms with E-state index in [9.17, 15) is 4.79 Å². The van der Waals surface area contributed by atoms with Crippen molar-refractivity contribution >= 4 is 11.6 Å². The molecule has 2 rings (SSSR count). The van der Waals surface area contributed by atoms with E-state index in [1.807, 2.05) is 38.1 Å². The Morgan fingerprint density at radius 3 is 2.76 bits per heavy atom. The van der Waals surface area contributed by atoms with Gasteiger partial charge in [-0.3, -0.25) is 9.69 Å². The summed E-state index contributed by atoms with van der Waals surface area (Å²) in [5.74, 6) is 1.62. The molecule has 116 valence electrons. The van der Waals surface area contributed by atoms with Gasteiger partial charge in [0.25, 0.3) is 0 Å². The summed E-state index contributed by atoms with van der Waals surface area (Å²) in [7, 11) is 0. The van der Waals surface area contributed by atoms with Crippen molar-refractivity contribution in [3.8, 4) is 5.75 Å². The van der Waals surface area contributed by atoms with Crippen LogP contribution in [-0.2, 0) is 4.79 Å². The van der Waals surface area contributed by atoms with Crippen LogP contribution in [0.15, 0.2) is 24.3 Å². The number of hydrogen-bond acceptors (Lipinski definition) is 3. The molecule has 1 aliphatic rings. The van der Waals surface area contributed by atoms with Gasteiger partial charge in [-0.15, -0.1) is 0 Å². The van der Waals surface area contributed by atoms with Crippen molar-refractivity contribution in [2.45, 2.75) is 39.7 Å². The number of benzene rings is 1. The second kappa shape index (κ2) is 7.46. The molecule has 4 nitrogen and oxygen atoms in total. The Labute approximate surface area is 127 Å². The van der Waals surface area contributed by atoms with Crippen LogP contribution in [0.2, 0.25) is 0 Å². The quantitative estimate of drug-likeness (QED) is 0.906. The fraction of sp³-hybridized carbons (Fsp3) is 0.588. The zero-order valence-corrected chi connectivity index (χ0v) is 13.3. The molecule has 0 spiro atoms. The van der Waals surface area contributed by atoms with Crippen LogP contribution in [0.25, 0.3) is 0 Å². The van der Waals surface area contributed by atoms with Gasteiger partial charge < -0.3 is 10.1 Å². The average molecular weight is 290 g/mol. The van der Waals surface area contributed by atoms with E-state index in [1.165, 1.54) is 12.8 Å². The number of likely N-dealkylation sites (tertiary alicyclic amines) is 1. The summed E-state index contributed by atoms with van der Waals surface area (Å²) in [6.07, 6.45) is 2.50. The Kier molecular flexibility index (Phi) is 5.62. The van der Waals surface area contributed by atoms with Crippen LogP contribution >= 0.6 is 0 Å². The fourth-order valence-electron chi connectivity index (χ4n) is 2.54. The lowest BCUT2D eigenvalue weighted by molar-refractivity contribution is -0.117. The molecule has 0 radical (unpaired) electrons. The predicted octanol–water partition coefficient (Wildman–Crippen LogP) is 3.14. The van der Waals surface area contributed by atoms with E-state index in [0.717, 1.165) is 30.4 Å². The van der Waals surface area contributed by atoms with Crippen LogP contribution in [0, 0.1) is 5.92 Å². The van der Waals surface area contributed by atoms with Gasteiger partial charge in [0.1, 0.15) is 5.75 Å². The summed E-state index contributed by atoms with van der Waals surface area (Å²) >= 11 is 0. The van der Waals surface area contributed by atoms with E-state index in [2.05, 4.69) is 17.1 Å². The molecule has 0 atom stereocenters. The normalized spacial score (nSPS) is 17.0. The summed E-state index contributed by atoms with van der Waals surface area (Å²) < 4.78 is 5.64. The number of carbonyl (C=O) groups excluding carboxylic acids is 1. The van der Waals surface area contributed by atoms with E-state index < -0.39 is 0 Å². The highest BCUT2D eigenvalue weighted by molar-refractivity contribution is 5.92. The molecule has 4 heteroatoms. The van der Waals surface area contributed by atoms with Crippen LogP contribution in [-0.4, -0.2) is 36.5 Å². The Morgan fingerprint density at radius 1 is 1.38 bits per heavy atom. The highest BCUT2D eigenvalue weighted by atomic mass is 16.5. The third kappa shape index (κ3) is 5.38. The van der Waals surface area contributed by atoms with Gasteiger partial charge in [-0.05, 0) is 57.8 Å². The van der Waals surface area contributed by atoms with Crippen molar-refractivity contribution in [3.63, 3.8) is 0 Å². The maximum atomic E-state index is 12.1. The summed E-state index contributed by atoms with van der Waals surface area (Å²) in [5.41, 5.74) is 0.795. The average Bonchev–Trinajstić information content (AvgIpc) is 2.41.